The molecule has 3 aromatic rings. The number of nitrogens with one attached hydrogen (secondary N) is 1. The molecule has 0 spiro atoms. The molecule has 1 amide bonds. The number of furan rings is 1. The highest BCUT2D eigenvalue weighted by molar-refractivity contribution is 6.30. The van der Waals surface area contributed by atoms with E-state index in [1.807, 2.05) is 30.3 Å². The summed E-state index contributed by atoms with van der Waals surface area (Å²) in [5.41, 5.74) is 3.71. The minimum absolute atomic E-state index is 0.256. The molecule has 0 fully saturated rings. The number of allylic oxidation sites excluding steroid dienone is 1. The van der Waals surface area contributed by atoms with Crippen molar-refractivity contribution in [1.82, 2.24) is 10.5 Å². The van der Waals surface area contributed by atoms with Crippen LogP contribution in [-0.2, 0) is 6.42 Å². The number of nitrogens with zero attached hydrogens (tertiary/aromatic N) is 1. The Morgan fingerprint density at radius 2 is 2.11 bits per heavy atom. The summed E-state index contributed by atoms with van der Waals surface area (Å²) in [5.74, 6) is 1.09. The number of carbonyl (C=O) groups excluding carboxylic acids is 1. The van der Waals surface area contributed by atoms with E-state index in [9.17, 15) is 4.79 Å². The van der Waals surface area contributed by atoms with Crippen molar-refractivity contribution in [3.8, 4) is 0 Å². The van der Waals surface area contributed by atoms with Crippen LogP contribution in [0.4, 0.5) is 0 Å². The fourth-order valence-corrected chi connectivity index (χ4v) is 3.19. The Labute approximate surface area is 169 Å². The van der Waals surface area contributed by atoms with Crippen LogP contribution in [0, 0.1) is 6.92 Å². The topological polar surface area (TPSA) is 68.3 Å². The fraction of sp³-hybridized carbons (Fsp3) is 0.273. The summed E-state index contributed by atoms with van der Waals surface area (Å²) >= 11 is 6.16. The minimum atomic E-state index is -0.256. The van der Waals surface area contributed by atoms with Gasteiger partial charge in [-0.3, -0.25) is 4.79 Å². The van der Waals surface area contributed by atoms with Gasteiger partial charge in [0, 0.05) is 17.6 Å². The number of aromatic nitrogens is 1. The van der Waals surface area contributed by atoms with Crippen LogP contribution in [0.3, 0.4) is 0 Å². The standard InChI is InChI=1S/C22H23ClN2O3/c1-3-5-16(20-12-17(23)8-7-15(20)2)9-10-24-22(26)21-14-19(28-25-21)13-18-6-4-11-27-18/h4-8,11-12,14H,3,9-10,13H2,1-2H3,(H,24,26)/b16-5-. The Balaban J connectivity index is 1.58. The van der Waals surface area contributed by atoms with E-state index >= 15 is 0 Å². The monoisotopic (exact) mass is 398 g/mol. The number of halogens is 1. The van der Waals surface area contributed by atoms with Crippen LogP contribution in [0.25, 0.3) is 5.57 Å². The molecule has 1 N–H and O–H groups in total. The number of hydrogen-bond acceptors (Lipinski definition) is 4. The van der Waals surface area contributed by atoms with E-state index in [1.54, 1.807) is 12.3 Å². The zero-order valence-electron chi connectivity index (χ0n) is 16.0. The lowest BCUT2D eigenvalue weighted by atomic mass is 9.97. The molecule has 1 aromatic carbocycles. The summed E-state index contributed by atoms with van der Waals surface area (Å²) in [5, 5.41) is 7.47. The second-order valence-corrected chi connectivity index (χ2v) is 6.97. The first-order valence-corrected chi connectivity index (χ1v) is 9.66. The third kappa shape index (κ3) is 5.14. The summed E-state index contributed by atoms with van der Waals surface area (Å²) in [6, 6.07) is 11.2. The van der Waals surface area contributed by atoms with Crippen LogP contribution in [-0.4, -0.2) is 17.6 Å². The zero-order chi connectivity index (χ0) is 19.9. The van der Waals surface area contributed by atoms with E-state index in [4.69, 9.17) is 20.5 Å². The number of benzene rings is 1. The van der Waals surface area contributed by atoms with E-state index < -0.39 is 0 Å². The fourth-order valence-electron chi connectivity index (χ4n) is 3.02. The third-order valence-electron chi connectivity index (χ3n) is 4.40. The van der Waals surface area contributed by atoms with Crippen molar-refractivity contribution in [2.24, 2.45) is 0 Å². The summed E-state index contributed by atoms with van der Waals surface area (Å²) in [6.45, 7) is 4.65. The second-order valence-electron chi connectivity index (χ2n) is 6.54. The highest BCUT2D eigenvalue weighted by Crippen LogP contribution is 2.25. The molecule has 0 atom stereocenters. The quantitative estimate of drug-likeness (QED) is 0.549. The molecule has 0 bridgehead atoms. The third-order valence-corrected chi connectivity index (χ3v) is 4.63. The van der Waals surface area contributed by atoms with Crippen LogP contribution in [0.1, 0.15) is 52.9 Å². The van der Waals surface area contributed by atoms with E-state index in [-0.39, 0.29) is 11.6 Å². The van der Waals surface area contributed by atoms with Crippen molar-refractivity contribution < 1.29 is 13.7 Å². The average Bonchev–Trinajstić information content (AvgIpc) is 3.35. The Morgan fingerprint density at radius 3 is 2.86 bits per heavy atom. The normalized spacial score (nSPS) is 11.6. The Hall–Kier alpha value is -2.79. The first kappa shape index (κ1) is 20.0. The Kier molecular flexibility index (Phi) is 6.71. The predicted molar refractivity (Wildman–Crippen MR) is 109 cm³/mol. The molecule has 0 saturated heterocycles. The van der Waals surface area contributed by atoms with Crippen LogP contribution in [0.15, 0.2) is 57.7 Å². The van der Waals surface area contributed by atoms with Crippen molar-refractivity contribution in [2.45, 2.75) is 33.1 Å². The molecule has 28 heavy (non-hydrogen) atoms. The molecular weight excluding hydrogens is 376 g/mol. The van der Waals surface area contributed by atoms with Gasteiger partial charge in [0.05, 0.1) is 12.7 Å². The molecule has 5 nitrogen and oxygen atoms in total. The van der Waals surface area contributed by atoms with Crippen LogP contribution >= 0.6 is 11.6 Å². The van der Waals surface area contributed by atoms with E-state index in [2.05, 4.69) is 30.4 Å². The van der Waals surface area contributed by atoms with Gasteiger partial charge in [-0.15, -0.1) is 0 Å². The lowest BCUT2D eigenvalue weighted by molar-refractivity contribution is 0.0945. The molecule has 0 aliphatic rings. The number of aryl methyl sites for hydroxylation is 1. The van der Waals surface area contributed by atoms with E-state index in [1.165, 1.54) is 5.57 Å². The highest BCUT2D eigenvalue weighted by Gasteiger charge is 2.14. The van der Waals surface area contributed by atoms with Gasteiger partial charge in [0.1, 0.15) is 11.5 Å². The SMILES string of the molecule is CC/C=C(/CCNC(=O)c1cc(Cc2ccco2)on1)c1cc(Cl)ccc1C. The summed E-state index contributed by atoms with van der Waals surface area (Å²) in [6.07, 6.45) is 5.85. The van der Waals surface area contributed by atoms with Crippen LogP contribution in [0.2, 0.25) is 5.02 Å². The average molecular weight is 399 g/mol. The summed E-state index contributed by atoms with van der Waals surface area (Å²) in [7, 11) is 0. The van der Waals surface area contributed by atoms with Gasteiger partial charge < -0.3 is 14.3 Å². The van der Waals surface area contributed by atoms with Crippen molar-refractivity contribution in [3.63, 3.8) is 0 Å². The number of hydrogen-bond donors (Lipinski definition) is 1. The molecule has 0 aliphatic heterocycles. The lowest BCUT2D eigenvalue weighted by Crippen LogP contribution is -2.25. The molecular formula is C22H23ClN2O3. The summed E-state index contributed by atoms with van der Waals surface area (Å²) < 4.78 is 10.5. The number of carbonyl (C=O) groups is 1. The van der Waals surface area contributed by atoms with Crippen molar-refractivity contribution >= 4 is 23.1 Å². The van der Waals surface area contributed by atoms with Crippen molar-refractivity contribution in [1.29, 1.82) is 0 Å². The molecule has 2 aromatic heterocycles. The number of rotatable bonds is 8. The van der Waals surface area contributed by atoms with Gasteiger partial charge in [0.15, 0.2) is 5.69 Å². The largest absolute Gasteiger partial charge is 0.469 e. The maximum atomic E-state index is 12.4. The van der Waals surface area contributed by atoms with Gasteiger partial charge in [-0.1, -0.05) is 35.8 Å². The van der Waals surface area contributed by atoms with Crippen molar-refractivity contribution in [2.75, 3.05) is 6.54 Å². The van der Waals surface area contributed by atoms with Gasteiger partial charge in [-0.05, 0) is 60.7 Å². The molecule has 6 heteroatoms. The molecule has 0 aliphatic carbocycles. The molecule has 0 radical (unpaired) electrons. The van der Waals surface area contributed by atoms with Gasteiger partial charge in [-0.2, -0.15) is 0 Å². The molecule has 2 heterocycles. The Morgan fingerprint density at radius 1 is 1.25 bits per heavy atom. The maximum Gasteiger partial charge on any atom is 0.273 e. The maximum absolute atomic E-state index is 12.4. The predicted octanol–water partition coefficient (Wildman–Crippen LogP) is 5.43. The lowest BCUT2D eigenvalue weighted by Gasteiger charge is -2.12. The van der Waals surface area contributed by atoms with E-state index in [0.29, 0.717) is 30.2 Å². The minimum Gasteiger partial charge on any atom is -0.469 e. The Bertz CT molecular complexity index is 958. The smallest absolute Gasteiger partial charge is 0.273 e. The highest BCUT2D eigenvalue weighted by atomic mass is 35.5. The van der Waals surface area contributed by atoms with Gasteiger partial charge >= 0.3 is 0 Å². The number of amides is 1. The first-order valence-electron chi connectivity index (χ1n) is 9.28. The van der Waals surface area contributed by atoms with Gasteiger partial charge in [-0.25, -0.2) is 0 Å². The molecule has 0 saturated carbocycles. The molecule has 146 valence electrons. The van der Waals surface area contributed by atoms with Gasteiger partial charge in [0.2, 0.25) is 0 Å². The van der Waals surface area contributed by atoms with Crippen LogP contribution < -0.4 is 5.32 Å². The molecule has 0 unspecified atom stereocenters. The van der Waals surface area contributed by atoms with Gasteiger partial charge in [0.25, 0.3) is 5.91 Å². The van der Waals surface area contributed by atoms with Crippen LogP contribution in [0.5, 0.6) is 0 Å². The van der Waals surface area contributed by atoms with E-state index in [0.717, 1.165) is 23.3 Å². The first-order chi connectivity index (χ1) is 13.6. The zero-order valence-corrected chi connectivity index (χ0v) is 16.8. The second kappa shape index (κ2) is 9.42. The molecule has 3 rings (SSSR count). The van der Waals surface area contributed by atoms with Crippen molar-refractivity contribution in [3.05, 3.63) is 82.1 Å². The summed E-state index contributed by atoms with van der Waals surface area (Å²) in [4.78, 5) is 12.4.